The van der Waals surface area contributed by atoms with E-state index in [1.165, 1.54) is 13.2 Å². The van der Waals surface area contributed by atoms with Gasteiger partial charge in [-0.25, -0.2) is 15.6 Å². The number of carbonyl (C=O) groups is 1. The van der Waals surface area contributed by atoms with Gasteiger partial charge in [-0.1, -0.05) is 0 Å². The van der Waals surface area contributed by atoms with Gasteiger partial charge in [-0.15, -0.1) is 0 Å². The van der Waals surface area contributed by atoms with Crippen molar-refractivity contribution < 1.29 is 4.79 Å². The van der Waals surface area contributed by atoms with Gasteiger partial charge in [0.15, 0.2) is 0 Å². The molecule has 1 aromatic heterocycles. The molecular weight excluding hydrogens is 236 g/mol. The first-order chi connectivity index (χ1) is 6.09. The summed E-state index contributed by atoms with van der Waals surface area (Å²) < 4.78 is 0.714. The van der Waals surface area contributed by atoms with Crippen LogP contribution in [0.1, 0.15) is 0 Å². The monoisotopic (exact) mass is 244 g/mol. The molecule has 0 saturated heterocycles. The molecule has 0 aromatic carbocycles. The van der Waals surface area contributed by atoms with E-state index in [1.54, 1.807) is 12.1 Å². The van der Waals surface area contributed by atoms with E-state index >= 15 is 0 Å². The summed E-state index contributed by atoms with van der Waals surface area (Å²) in [5.41, 5.74) is 0.602. The van der Waals surface area contributed by atoms with Crippen LogP contribution in [0.15, 0.2) is 22.9 Å². The van der Waals surface area contributed by atoms with Crippen LogP contribution in [0.2, 0.25) is 0 Å². The molecule has 0 aliphatic carbocycles. The van der Waals surface area contributed by atoms with Gasteiger partial charge in [-0.2, -0.15) is 0 Å². The second-order valence-corrected chi connectivity index (χ2v) is 3.22. The molecule has 0 aliphatic rings. The van der Waals surface area contributed by atoms with Crippen LogP contribution in [0.5, 0.6) is 0 Å². The number of urea groups is 1. The number of hydrazine groups is 1. The number of rotatable bonds is 1. The molecule has 13 heavy (non-hydrogen) atoms. The SMILES string of the molecule is CN(N)C(=O)Nc1ccc(Br)nc1. The molecule has 0 atom stereocenters. The minimum Gasteiger partial charge on any atom is -0.305 e. The molecule has 2 amide bonds. The summed E-state index contributed by atoms with van der Waals surface area (Å²) in [4.78, 5) is 15.0. The Kier molecular flexibility index (Phi) is 3.21. The van der Waals surface area contributed by atoms with Crippen molar-refractivity contribution in [3.8, 4) is 0 Å². The van der Waals surface area contributed by atoms with E-state index in [0.717, 1.165) is 5.01 Å². The minimum atomic E-state index is -0.385. The number of hydrogen-bond acceptors (Lipinski definition) is 3. The quantitative estimate of drug-likeness (QED) is 0.338. The maximum Gasteiger partial charge on any atom is 0.335 e. The summed E-state index contributed by atoms with van der Waals surface area (Å²) >= 11 is 3.18. The lowest BCUT2D eigenvalue weighted by atomic mass is 10.4. The Morgan fingerprint density at radius 1 is 1.69 bits per heavy atom. The van der Waals surface area contributed by atoms with Crippen molar-refractivity contribution in [2.75, 3.05) is 12.4 Å². The number of nitrogens with one attached hydrogen (secondary N) is 1. The lowest BCUT2D eigenvalue weighted by Gasteiger charge is -2.10. The molecule has 1 aromatic rings. The minimum absolute atomic E-state index is 0.385. The molecule has 5 nitrogen and oxygen atoms in total. The highest BCUT2D eigenvalue weighted by atomic mass is 79.9. The van der Waals surface area contributed by atoms with Crippen molar-refractivity contribution in [3.63, 3.8) is 0 Å². The predicted molar refractivity (Wildman–Crippen MR) is 52.9 cm³/mol. The normalized spacial score (nSPS) is 9.46. The van der Waals surface area contributed by atoms with Gasteiger partial charge in [-0.3, -0.25) is 5.01 Å². The smallest absolute Gasteiger partial charge is 0.305 e. The molecule has 6 heteroatoms. The van der Waals surface area contributed by atoms with E-state index in [4.69, 9.17) is 5.84 Å². The largest absolute Gasteiger partial charge is 0.335 e. The first-order valence-electron chi connectivity index (χ1n) is 3.50. The molecule has 0 unspecified atom stereocenters. The molecule has 1 heterocycles. The van der Waals surface area contributed by atoms with Crippen molar-refractivity contribution >= 4 is 27.6 Å². The number of carbonyl (C=O) groups excluding carboxylic acids is 1. The zero-order valence-corrected chi connectivity index (χ0v) is 8.58. The Balaban J connectivity index is 2.65. The Bertz CT molecular complexity index is 298. The molecule has 0 spiro atoms. The third-order valence-electron chi connectivity index (χ3n) is 1.30. The van der Waals surface area contributed by atoms with Crippen molar-refractivity contribution in [2.24, 2.45) is 5.84 Å². The van der Waals surface area contributed by atoms with Crippen LogP contribution in [0.3, 0.4) is 0 Å². The molecule has 70 valence electrons. The number of pyridine rings is 1. The lowest BCUT2D eigenvalue weighted by molar-refractivity contribution is 0.223. The summed E-state index contributed by atoms with van der Waals surface area (Å²) in [5.74, 6) is 5.21. The number of amides is 2. The Morgan fingerprint density at radius 3 is 2.85 bits per heavy atom. The highest BCUT2D eigenvalue weighted by Crippen LogP contribution is 2.10. The topological polar surface area (TPSA) is 71.2 Å². The van der Waals surface area contributed by atoms with Crippen LogP contribution in [0.4, 0.5) is 10.5 Å². The molecule has 0 saturated carbocycles. The summed E-state index contributed by atoms with van der Waals surface area (Å²) in [6.45, 7) is 0. The average Bonchev–Trinajstić information content (AvgIpc) is 2.08. The summed E-state index contributed by atoms with van der Waals surface area (Å²) in [7, 11) is 1.46. The van der Waals surface area contributed by atoms with E-state index in [1.807, 2.05) is 0 Å². The Labute approximate surface area is 84.0 Å². The highest BCUT2D eigenvalue weighted by Gasteiger charge is 2.03. The van der Waals surface area contributed by atoms with Gasteiger partial charge in [0.05, 0.1) is 11.9 Å². The van der Waals surface area contributed by atoms with Crippen LogP contribution in [-0.2, 0) is 0 Å². The highest BCUT2D eigenvalue weighted by molar-refractivity contribution is 9.10. The maximum atomic E-state index is 11.0. The van der Waals surface area contributed by atoms with E-state index in [-0.39, 0.29) is 6.03 Å². The van der Waals surface area contributed by atoms with Gasteiger partial charge in [0.1, 0.15) is 4.60 Å². The van der Waals surface area contributed by atoms with Crippen LogP contribution < -0.4 is 11.2 Å². The van der Waals surface area contributed by atoms with Gasteiger partial charge in [0, 0.05) is 7.05 Å². The van der Waals surface area contributed by atoms with Crippen molar-refractivity contribution in [1.29, 1.82) is 0 Å². The standard InChI is InChI=1S/C7H9BrN4O/c1-12(9)7(13)11-5-2-3-6(8)10-4-5/h2-4H,9H2,1H3,(H,11,13). The second kappa shape index (κ2) is 4.20. The Morgan fingerprint density at radius 2 is 2.38 bits per heavy atom. The van der Waals surface area contributed by atoms with Crippen molar-refractivity contribution in [3.05, 3.63) is 22.9 Å². The zero-order valence-electron chi connectivity index (χ0n) is 6.99. The molecule has 0 aliphatic heterocycles. The Hall–Kier alpha value is -1.14. The van der Waals surface area contributed by atoms with Gasteiger partial charge in [0.2, 0.25) is 0 Å². The molecular formula is C7H9BrN4O. The van der Waals surface area contributed by atoms with Gasteiger partial charge < -0.3 is 5.32 Å². The fraction of sp³-hybridized carbons (Fsp3) is 0.143. The number of halogens is 1. The second-order valence-electron chi connectivity index (χ2n) is 2.41. The summed E-state index contributed by atoms with van der Waals surface area (Å²) in [6, 6.07) is 3.06. The van der Waals surface area contributed by atoms with E-state index in [9.17, 15) is 4.79 Å². The molecule has 0 fully saturated rings. The fourth-order valence-corrected chi connectivity index (χ4v) is 0.896. The molecule has 3 N–H and O–H groups in total. The van der Waals surface area contributed by atoms with Crippen LogP contribution in [-0.4, -0.2) is 23.1 Å². The number of anilines is 1. The lowest BCUT2D eigenvalue weighted by Crippen LogP contribution is -2.36. The fourth-order valence-electron chi connectivity index (χ4n) is 0.661. The van der Waals surface area contributed by atoms with Gasteiger partial charge in [0.25, 0.3) is 0 Å². The summed E-state index contributed by atoms with van der Waals surface area (Å²) in [6.07, 6.45) is 1.53. The van der Waals surface area contributed by atoms with E-state index < -0.39 is 0 Å². The molecule has 1 rings (SSSR count). The first kappa shape index (κ1) is 9.94. The van der Waals surface area contributed by atoms with Crippen molar-refractivity contribution in [1.82, 2.24) is 9.99 Å². The predicted octanol–water partition coefficient (Wildman–Crippen LogP) is 1.18. The number of nitrogens with two attached hydrogens (primary N) is 1. The number of nitrogens with zero attached hydrogens (tertiary/aromatic N) is 2. The third-order valence-corrected chi connectivity index (χ3v) is 1.77. The van der Waals surface area contributed by atoms with E-state index in [2.05, 4.69) is 26.2 Å². The molecule has 0 bridgehead atoms. The van der Waals surface area contributed by atoms with Crippen LogP contribution in [0.25, 0.3) is 0 Å². The van der Waals surface area contributed by atoms with Crippen LogP contribution in [0, 0.1) is 0 Å². The van der Waals surface area contributed by atoms with Crippen molar-refractivity contribution in [2.45, 2.75) is 0 Å². The first-order valence-corrected chi connectivity index (χ1v) is 4.30. The van der Waals surface area contributed by atoms with E-state index in [0.29, 0.717) is 10.3 Å². The number of aromatic nitrogens is 1. The van der Waals surface area contributed by atoms with Gasteiger partial charge >= 0.3 is 6.03 Å². The summed E-state index contributed by atoms with van der Waals surface area (Å²) in [5, 5.41) is 3.51. The third kappa shape index (κ3) is 3.00. The van der Waals surface area contributed by atoms with Crippen LogP contribution >= 0.6 is 15.9 Å². The maximum absolute atomic E-state index is 11.0. The number of hydrogen-bond donors (Lipinski definition) is 2. The van der Waals surface area contributed by atoms with Gasteiger partial charge in [-0.05, 0) is 28.1 Å². The molecule has 0 radical (unpaired) electrons. The zero-order chi connectivity index (χ0) is 9.84. The average molecular weight is 245 g/mol.